The van der Waals surface area contributed by atoms with Crippen molar-refractivity contribution in [3.8, 4) is 11.4 Å². The summed E-state index contributed by atoms with van der Waals surface area (Å²) in [6, 6.07) is 15.4. The number of aliphatic imine (C=N–C) groups is 1. The fourth-order valence-corrected chi connectivity index (χ4v) is 3.49. The Morgan fingerprint density at radius 2 is 1.90 bits per heavy atom. The van der Waals surface area contributed by atoms with E-state index in [1.54, 1.807) is 12.4 Å². The van der Waals surface area contributed by atoms with Crippen LogP contribution in [0.5, 0.6) is 0 Å². The standard InChI is InChI=1S/C22H22N8O/c23-22(26-18-3-1-9-24-15-18)25-17-7-5-16(6-8-17)20-27-21(29-11-13-31-14-12-29)19-4-2-10-30(19)28-20/h1-10,15H,11-14H2,(H3,23,25,26). The Morgan fingerprint density at radius 1 is 1.06 bits per heavy atom. The number of nitrogens with zero attached hydrogens (tertiary/aromatic N) is 6. The summed E-state index contributed by atoms with van der Waals surface area (Å²) in [5.41, 5.74) is 9.41. The number of aromatic nitrogens is 4. The maximum absolute atomic E-state index is 6.01. The van der Waals surface area contributed by atoms with Crippen molar-refractivity contribution in [1.29, 1.82) is 0 Å². The largest absolute Gasteiger partial charge is 0.378 e. The first-order valence-corrected chi connectivity index (χ1v) is 10.1. The van der Waals surface area contributed by atoms with Gasteiger partial charge in [0.2, 0.25) is 0 Å². The number of pyridine rings is 1. The van der Waals surface area contributed by atoms with Crippen molar-refractivity contribution in [3.05, 3.63) is 67.1 Å². The highest BCUT2D eigenvalue weighted by atomic mass is 16.5. The van der Waals surface area contributed by atoms with Crippen LogP contribution in [-0.4, -0.2) is 51.8 Å². The molecule has 4 heterocycles. The van der Waals surface area contributed by atoms with E-state index in [9.17, 15) is 0 Å². The predicted octanol–water partition coefficient (Wildman–Crippen LogP) is 2.69. The van der Waals surface area contributed by atoms with Crippen LogP contribution in [0.3, 0.4) is 0 Å². The third-order valence-electron chi connectivity index (χ3n) is 4.99. The fraction of sp³-hybridized carbons (Fsp3) is 0.182. The van der Waals surface area contributed by atoms with Crippen LogP contribution < -0.4 is 16.0 Å². The molecule has 4 aromatic rings. The predicted molar refractivity (Wildman–Crippen MR) is 121 cm³/mol. The summed E-state index contributed by atoms with van der Waals surface area (Å²) < 4.78 is 7.36. The summed E-state index contributed by atoms with van der Waals surface area (Å²) >= 11 is 0. The van der Waals surface area contributed by atoms with E-state index in [4.69, 9.17) is 15.5 Å². The minimum absolute atomic E-state index is 0.292. The maximum Gasteiger partial charge on any atom is 0.198 e. The summed E-state index contributed by atoms with van der Waals surface area (Å²) in [4.78, 5) is 15.6. The van der Waals surface area contributed by atoms with E-state index in [2.05, 4.69) is 25.3 Å². The molecule has 3 aromatic heterocycles. The number of nitrogens with two attached hydrogens (primary N) is 1. The molecule has 1 aromatic carbocycles. The van der Waals surface area contributed by atoms with Gasteiger partial charge in [0.05, 0.1) is 30.8 Å². The Hall–Kier alpha value is -3.98. The highest BCUT2D eigenvalue weighted by molar-refractivity contribution is 5.93. The Balaban J connectivity index is 1.41. The summed E-state index contributed by atoms with van der Waals surface area (Å²) in [6.07, 6.45) is 5.33. The van der Waals surface area contributed by atoms with Gasteiger partial charge < -0.3 is 20.7 Å². The van der Waals surface area contributed by atoms with Crippen LogP contribution in [0.15, 0.2) is 72.1 Å². The second-order valence-corrected chi connectivity index (χ2v) is 7.11. The van der Waals surface area contributed by atoms with Crippen LogP contribution in [0.25, 0.3) is 16.9 Å². The zero-order chi connectivity index (χ0) is 21.0. The summed E-state index contributed by atoms with van der Waals surface area (Å²) in [5.74, 6) is 1.87. The molecule has 31 heavy (non-hydrogen) atoms. The number of ether oxygens (including phenoxy) is 1. The van der Waals surface area contributed by atoms with E-state index < -0.39 is 0 Å². The van der Waals surface area contributed by atoms with Gasteiger partial charge >= 0.3 is 0 Å². The smallest absolute Gasteiger partial charge is 0.198 e. The number of morpholine rings is 1. The lowest BCUT2D eigenvalue weighted by Gasteiger charge is -2.28. The first-order chi connectivity index (χ1) is 15.3. The molecule has 1 saturated heterocycles. The van der Waals surface area contributed by atoms with E-state index in [0.717, 1.165) is 41.4 Å². The molecule has 0 bridgehead atoms. The second kappa shape index (κ2) is 8.41. The van der Waals surface area contributed by atoms with Crippen molar-refractivity contribution in [1.82, 2.24) is 19.6 Å². The molecule has 156 valence electrons. The molecule has 0 saturated carbocycles. The average molecular weight is 414 g/mol. The second-order valence-electron chi connectivity index (χ2n) is 7.11. The number of rotatable bonds is 4. The first-order valence-electron chi connectivity index (χ1n) is 10.1. The van der Waals surface area contributed by atoms with Gasteiger partial charge in [-0.25, -0.2) is 14.5 Å². The third-order valence-corrected chi connectivity index (χ3v) is 4.99. The molecule has 0 atom stereocenters. The van der Waals surface area contributed by atoms with Crippen molar-refractivity contribution >= 4 is 28.7 Å². The summed E-state index contributed by atoms with van der Waals surface area (Å²) in [6.45, 7) is 3.03. The molecule has 9 heteroatoms. The molecular formula is C22H22N8O. The van der Waals surface area contributed by atoms with E-state index in [0.29, 0.717) is 25.0 Å². The highest BCUT2D eigenvalue weighted by Gasteiger charge is 2.18. The normalized spacial score (nSPS) is 14.7. The molecule has 1 aliphatic rings. The Bertz CT molecular complexity index is 1200. The SMILES string of the molecule is NC(=Nc1ccc(-c2nc(N3CCOCC3)c3cccn3n2)cc1)Nc1cccnc1. The Morgan fingerprint density at radius 3 is 2.68 bits per heavy atom. The molecule has 5 rings (SSSR count). The van der Waals surface area contributed by atoms with Crippen LogP contribution >= 0.6 is 0 Å². The third kappa shape index (κ3) is 4.17. The van der Waals surface area contributed by atoms with Gasteiger partial charge in [0, 0.05) is 31.0 Å². The van der Waals surface area contributed by atoms with Gasteiger partial charge in [0.15, 0.2) is 17.6 Å². The Labute approximate surface area is 179 Å². The maximum atomic E-state index is 6.01. The molecule has 0 spiro atoms. The highest BCUT2D eigenvalue weighted by Crippen LogP contribution is 2.25. The van der Waals surface area contributed by atoms with Gasteiger partial charge in [0.25, 0.3) is 0 Å². The van der Waals surface area contributed by atoms with Gasteiger partial charge in [-0.2, -0.15) is 0 Å². The lowest BCUT2D eigenvalue weighted by Crippen LogP contribution is -2.37. The van der Waals surface area contributed by atoms with Gasteiger partial charge in [-0.1, -0.05) is 0 Å². The molecule has 1 fully saturated rings. The molecule has 0 aliphatic carbocycles. The van der Waals surface area contributed by atoms with Gasteiger partial charge in [0.1, 0.15) is 5.52 Å². The Kier molecular flexibility index (Phi) is 5.16. The number of guanidine groups is 1. The van der Waals surface area contributed by atoms with Crippen LogP contribution in [0.1, 0.15) is 0 Å². The van der Waals surface area contributed by atoms with Crippen LogP contribution in [0, 0.1) is 0 Å². The van der Waals surface area contributed by atoms with Crippen LogP contribution in [-0.2, 0) is 4.74 Å². The zero-order valence-corrected chi connectivity index (χ0v) is 16.8. The van der Waals surface area contributed by atoms with Crippen molar-refractivity contribution in [2.45, 2.75) is 0 Å². The van der Waals surface area contributed by atoms with E-state index in [-0.39, 0.29) is 0 Å². The van der Waals surface area contributed by atoms with Crippen molar-refractivity contribution in [2.24, 2.45) is 10.7 Å². The van der Waals surface area contributed by atoms with E-state index in [1.807, 2.05) is 59.2 Å². The zero-order valence-electron chi connectivity index (χ0n) is 16.8. The minimum atomic E-state index is 0.292. The lowest BCUT2D eigenvalue weighted by atomic mass is 10.2. The number of hydrogen-bond donors (Lipinski definition) is 2. The average Bonchev–Trinajstić information content (AvgIpc) is 3.29. The number of benzene rings is 1. The molecule has 9 nitrogen and oxygen atoms in total. The lowest BCUT2D eigenvalue weighted by molar-refractivity contribution is 0.122. The van der Waals surface area contributed by atoms with Crippen LogP contribution in [0.2, 0.25) is 0 Å². The monoisotopic (exact) mass is 414 g/mol. The van der Waals surface area contributed by atoms with Crippen molar-refractivity contribution in [2.75, 3.05) is 36.5 Å². The molecule has 3 N–H and O–H groups in total. The molecular weight excluding hydrogens is 392 g/mol. The molecule has 0 radical (unpaired) electrons. The van der Waals surface area contributed by atoms with Gasteiger partial charge in [-0.15, -0.1) is 5.10 Å². The van der Waals surface area contributed by atoms with Crippen molar-refractivity contribution in [3.63, 3.8) is 0 Å². The number of nitrogens with one attached hydrogen (secondary N) is 1. The number of fused-ring (bicyclic) bond motifs is 1. The van der Waals surface area contributed by atoms with E-state index >= 15 is 0 Å². The van der Waals surface area contributed by atoms with Gasteiger partial charge in [-0.05, 0) is 48.5 Å². The molecule has 0 unspecified atom stereocenters. The van der Waals surface area contributed by atoms with Crippen molar-refractivity contribution < 1.29 is 4.74 Å². The first kappa shape index (κ1) is 19.0. The van der Waals surface area contributed by atoms with Crippen LogP contribution in [0.4, 0.5) is 17.2 Å². The van der Waals surface area contributed by atoms with Gasteiger partial charge in [-0.3, -0.25) is 4.98 Å². The van der Waals surface area contributed by atoms with E-state index in [1.165, 1.54) is 0 Å². The molecule has 0 amide bonds. The summed E-state index contributed by atoms with van der Waals surface area (Å²) in [5, 5.41) is 7.69. The fourth-order valence-electron chi connectivity index (χ4n) is 3.49. The quantitative estimate of drug-likeness (QED) is 0.391. The number of anilines is 2. The minimum Gasteiger partial charge on any atom is -0.378 e. The molecule has 1 aliphatic heterocycles. The summed E-state index contributed by atoms with van der Waals surface area (Å²) in [7, 11) is 0. The number of hydrogen-bond acceptors (Lipinski definition) is 6. The topological polar surface area (TPSA) is 106 Å².